The van der Waals surface area contributed by atoms with Crippen molar-refractivity contribution < 1.29 is 9.53 Å². The van der Waals surface area contributed by atoms with Crippen LogP contribution in [-0.4, -0.2) is 39.9 Å². The van der Waals surface area contributed by atoms with Gasteiger partial charge in [-0.05, 0) is 37.1 Å². The van der Waals surface area contributed by atoms with Crippen molar-refractivity contribution in [2.24, 2.45) is 5.92 Å². The van der Waals surface area contributed by atoms with Crippen LogP contribution < -0.4 is 5.32 Å². The van der Waals surface area contributed by atoms with Crippen molar-refractivity contribution in [2.45, 2.75) is 32.4 Å². The van der Waals surface area contributed by atoms with Gasteiger partial charge < -0.3 is 10.1 Å². The molecule has 2 atom stereocenters. The van der Waals surface area contributed by atoms with Gasteiger partial charge in [-0.2, -0.15) is 5.10 Å². The molecule has 0 spiro atoms. The number of nitrogens with zero attached hydrogens (tertiary/aromatic N) is 3. The molecule has 6 heteroatoms. The highest BCUT2D eigenvalue weighted by atomic mass is 16.5. The lowest BCUT2D eigenvalue weighted by Crippen LogP contribution is -2.40. The van der Waals surface area contributed by atoms with Crippen molar-refractivity contribution in [3.05, 3.63) is 60.0 Å². The fraction of sp³-hybridized carbons (Fsp3) is 0.381. The molecule has 1 aliphatic rings. The van der Waals surface area contributed by atoms with Crippen LogP contribution in [0.3, 0.4) is 0 Å². The smallest absolute Gasteiger partial charge is 0.222 e. The third-order valence-electron chi connectivity index (χ3n) is 5.11. The Kier molecular flexibility index (Phi) is 5.16. The molecule has 6 nitrogen and oxygen atoms in total. The Labute approximate surface area is 158 Å². The molecule has 1 N–H and O–H groups in total. The number of pyridine rings is 1. The first-order chi connectivity index (χ1) is 13.2. The number of hydrogen-bond acceptors (Lipinski definition) is 4. The second kappa shape index (κ2) is 7.88. The Balaban J connectivity index is 1.37. The Morgan fingerprint density at radius 2 is 2.15 bits per heavy atom. The Morgan fingerprint density at radius 1 is 1.26 bits per heavy atom. The summed E-state index contributed by atoms with van der Waals surface area (Å²) in [4.78, 5) is 16.8. The lowest BCUT2D eigenvalue weighted by atomic mass is 9.93. The Morgan fingerprint density at radius 3 is 3.00 bits per heavy atom. The molecule has 3 heterocycles. The largest absolute Gasteiger partial charge is 0.379 e. The number of hydrogen-bond donors (Lipinski definition) is 1. The number of carbonyl (C=O) groups excluding carboxylic acids is 1. The molecular formula is C21H24N4O2. The first-order valence-corrected chi connectivity index (χ1v) is 9.39. The predicted octanol–water partition coefficient (Wildman–Crippen LogP) is 2.50. The van der Waals surface area contributed by atoms with Crippen LogP contribution in [0.4, 0.5) is 0 Å². The van der Waals surface area contributed by atoms with Gasteiger partial charge in [-0.25, -0.2) is 0 Å². The zero-order valence-electron chi connectivity index (χ0n) is 15.5. The van der Waals surface area contributed by atoms with E-state index < -0.39 is 0 Å². The van der Waals surface area contributed by atoms with Crippen molar-refractivity contribution in [3.8, 4) is 0 Å². The van der Waals surface area contributed by atoms with Gasteiger partial charge in [0.25, 0.3) is 0 Å². The van der Waals surface area contributed by atoms with Gasteiger partial charge in [0.05, 0.1) is 30.5 Å². The maximum atomic E-state index is 12.4. The summed E-state index contributed by atoms with van der Waals surface area (Å²) in [6, 6.07) is 12.2. The number of nitrogens with one attached hydrogen (secondary N) is 1. The van der Waals surface area contributed by atoms with Crippen LogP contribution in [0.25, 0.3) is 10.9 Å². The molecule has 1 aliphatic heterocycles. The average Bonchev–Trinajstić information content (AvgIpc) is 3.29. The van der Waals surface area contributed by atoms with Gasteiger partial charge in [0.15, 0.2) is 0 Å². The quantitative estimate of drug-likeness (QED) is 0.730. The van der Waals surface area contributed by atoms with Gasteiger partial charge in [-0.1, -0.05) is 18.2 Å². The lowest BCUT2D eigenvalue weighted by Gasteiger charge is -2.20. The van der Waals surface area contributed by atoms with Crippen molar-refractivity contribution >= 4 is 16.8 Å². The van der Waals surface area contributed by atoms with Gasteiger partial charge in [-0.3, -0.25) is 14.5 Å². The Hall–Kier alpha value is -2.73. The Bertz CT molecular complexity index is 931. The maximum absolute atomic E-state index is 12.4. The second-order valence-electron chi connectivity index (χ2n) is 7.13. The molecule has 1 aromatic carbocycles. The molecule has 4 rings (SSSR count). The van der Waals surface area contributed by atoms with Crippen molar-refractivity contribution in [2.75, 3.05) is 13.2 Å². The molecule has 3 aromatic rings. The lowest BCUT2D eigenvalue weighted by molar-refractivity contribution is -0.122. The van der Waals surface area contributed by atoms with Gasteiger partial charge in [0.1, 0.15) is 0 Å². The van der Waals surface area contributed by atoms with E-state index in [0.717, 1.165) is 17.6 Å². The van der Waals surface area contributed by atoms with E-state index in [1.165, 1.54) is 10.9 Å². The minimum atomic E-state index is 0.0447. The van der Waals surface area contributed by atoms with E-state index in [4.69, 9.17) is 4.74 Å². The predicted molar refractivity (Wildman–Crippen MR) is 103 cm³/mol. The van der Waals surface area contributed by atoms with Crippen LogP contribution in [-0.2, 0) is 22.5 Å². The molecule has 1 amide bonds. The zero-order chi connectivity index (χ0) is 18.6. The van der Waals surface area contributed by atoms with E-state index in [1.807, 2.05) is 43.6 Å². The maximum Gasteiger partial charge on any atom is 0.222 e. The highest BCUT2D eigenvalue weighted by molar-refractivity contribution is 5.81. The number of amides is 1. The van der Waals surface area contributed by atoms with Gasteiger partial charge >= 0.3 is 0 Å². The summed E-state index contributed by atoms with van der Waals surface area (Å²) in [5, 5.41) is 8.65. The molecule has 0 bridgehead atoms. The standard InChI is InChI=1S/C21H24N4O2/c1-15-7-10-25(24-15)11-8-21(26)23-20-14-27-13-17(20)12-16-6-9-22-19-5-3-2-4-18(16)19/h2-7,9-10,17,20H,8,11-14H2,1H3,(H,23,26)/t17-,20+/m1/s1. The number of aromatic nitrogens is 3. The fourth-order valence-electron chi connectivity index (χ4n) is 3.66. The molecular weight excluding hydrogens is 340 g/mol. The summed E-state index contributed by atoms with van der Waals surface area (Å²) in [7, 11) is 0. The highest BCUT2D eigenvalue weighted by Crippen LogP contribution is 2.24. The third kappa shape index (κ3) is 4.17. The summed E-state index contributed by atoms with van der Waals surface area (Å²) in [5.74, 6) is 0.315. The normalized spacial score (nSPS) is 19.4. The average molecular weight is 364 g/mol. The number of benzene rings is 1. The summed E-state index contributed by atoms with van der Waals surface area (Å²) in [6.45, 7) is 3.77. The first-order valence-electron chi connectivity index (χ1n) is 9.39. The SMILES string of the molecule is Cc1ccn(CCC(=O)N[C@H]2COC[C@H]2Cc2ccnc3ccccc23)n1. The molecule has 0 aliphatic carbocycles. The van der Waals surface area contributed by atoms with Crippen LogP contribution in [0, 0.1) is 12.8 Å². The molecule has 0 unspecified atom stereocenters. The van der Waals surface area contributed by atoms with Crippen LogP contribution >= 0.6 is 0 Å². The van der Waals surface area contributed by atoms with Gasteiger partial charge in [0.2, 0.25) is 5.91 Å². The second-order valence-corrected chi connectivity index (χ2v) is 7.13. The zero-order valence-corrected chi connectivity index (χ0v) is 15.5. The molecule has 140 valence electrons. The number of para-hydroxylation sites is 1. The molecule has 2 aromatic heterocycles. The number of rotatable bonds is 6. The highest BCUT2D eigenvalue weighted by Gasteiger charge is 2.30. The first kappa shape index (κ1) is 17.7. The number of fused-ring (bicyclic) bond motifs is 1. The van der Waals surface area contributed by atoms with Crippen LogP contribution in [0.15, 0.2) is 48.8 Å². The van der Waals surface area contributed by atoms with E-state index >= 15 is 0 Å². The number of carbonyl (C=O) groups is 1. The van der Waals surface area contributed by atoms with Crippen molar-refractivity contribution in [1.29, 1.82) is 0 Å². The van der Waals surface area contributed by atoms with E-state index in [2.05, 4.69) is 27.5 Å². The van der Waals surface area contributed by atoms with Gasteiger partial charge in [-0.15, -0.1) is 0 Å². The van der Waals surface area contributed by atoms with E-state index in [1.54, 1.807) is 4.68 Å². The van der Waals surface area contributed by atoms with Crippen LogP contribution in [0.1, 0.15) is 17.7 Å². The third-order valence-corrected chi connectivity index (χ3v) is 5.11. The molecule has 0 radical (unpaired) electrons. The topological polar surface area (TPSA) is 69.0 Å². The van der Waals surface area contributed by atoms with Crippen molar-refractivity contribution in [1.82, 2.24) is 20.1 Å². The summed E-state index contributed by atoms with van der Waals surface area (Å²) >= 11 is 0. The van der Waals surface area contributed by atoms with Gasteiger partial charge in [0, 0.05) is 36.7 Å². The van der Waals surface area contributed by atoms with Crippen molar-refractivity contribution in [3.63, 3.8) is 0 Å². The summed E-state index contributed by atoms with van der Waals surface area (Å²) in [6.07, 6.45) is 5.04. The van der Waals surface area contributed by atoms with E-state index in [9.17, 15) is 4.79 Å². The molecule has 1 fully saturated rings. The molecule has 0 saturated carbocycles. The van der Waals surface area contributed by atoms with E-state index in [-0.39, 0.29) is 17.9 Å². The minimum Gasteiger partial charge on any atom is -0.379 e. The van der Waals surface area contributed by atoms with Crippen LogP contribution in [0.2, 0.25) is 0 Å². The van der Waals surface area contributed by atoms with E-state index in [0.29, 0.717) is 26.2 Å². The summed E-state index contributed by atoms with van der Waals surface area (Å²) in [5.41, 5.74) is 3.22. The summed E-state index contributed by atoms with van der Waals surface area (Å²) < 4.78 is 7.48. The minimum absolute atomic E-state index is 0.0447. The monoisotopic (exact) mass is 364 g/mol. The number of aryl methyl sites for hydroxylation is 2. The van der Waals surface area contributed by atoms with Crippen LogP contribution in [0.5, 0.6) is 0 Å². The molecule has 1 saturated heterocycles. The number of ether oxygens (including phenoxy) is 1. The molecule has 27 heavy (non-hydrogen) atoms. The fourth-order valence-corrected chi connectivity index (χ4v) is 3.66.